The van der Waals surface area contributed by atoms with Crippen molar-refractivity contribution in [2.75, 3.05) is 5.32 Å². The fourth-order valence-corrected chi connectivity index (χ4v) is 1.85. The van der Waals surface area contributed by atoms with Gasteiger partial charge < -0.3 is 9.47 Å². The number of aryl methyl sites for hydroxylation is 1. The number of ether oxygens (including phenoxy) is 2. The predicted octanol–water partition coefficient (Wildman–Crippen LogP) is 4.41. The Morgan fingerprint density at radius 3 is 2.24 bits per heavy atom. The third kappa shape index (κ3) is 5.37. The molecule has 2 aromatic carbocycles. The lowest BCUT2D eigenvalue weighted by molar-refractivity contribution is -0.384. The number of nitro benzene ring substituents is 1. The van der Waals surface area contributed by atoms with Gasteiger partial charge in [0, 0.05) is 17.8 Å². The number of nitro groups is 1. The standard InChI is InChI=1S/C15H11F3N2O5/c1-9-8-12(25-15(16,17)18)6-7-13(9)19-14(21)24-11-4-2-10(3-5-11)20(22)23/h2-8H,1H3,(H,19,21). The van der Waals surface area contributed by atoms with Gasteiger partial charge in [0.1, 0.15) is 11.5 Å². The number of nitrogens with one attached hydrogen (secondary N) is 1. The summed E-state index contributed by atoms with van der Waals surface area (Å²) in [5, 5.41) is 12.9. The maximum absolute atomic E-state index is 12.2. The van der Waals surface area contributed by atoms with Gasteiger partial charge >= 0.3 is 12.5 Å². The summed E-state index contributed by atoms with van der Waals surface area (Å²) in [5.74, 6) is -0.350. The summed E-state index contributed by atoms with van der Waals surface area (Å²) in [6, 6.07) is 8.19. The van der Waals surface area contributed by atoms with Crippen LogP contribution in [0.25, 0.3) is 0 Å². The lowest BCUT2D eigenvalue weighted by atomic mass is 10.2. The molecule has 0 aliphatic heterocycles. The van der Waals surface area contributed by atoms with Crippen molar-refractivity contribution in [3.63, 3.8) is 0 Å². The minimum absolute atomic E-state index is 0.0674. The minimum Gasteiger partial charge on any atom is -0.410 e. The van der Waals surface area contributed by atoms with Crippen LogP contribution < -0.4 is 14.8 Å². The van der Waals surface area contributed by atoms with E-state index in [4.69, 9.17) is 4.74 Å². The van der Waals surface area contributed by atoms with Gasteiger partial charge in [0.2, 0.25) is 0 Å². The van der Waals surface area contributed by atoms with Crippen LogP contribution >= 0.6 is 0 Å². The molecule has 0 bridgehead atoms. The van der Waals surface area contributed by atoms with Crippen LogP contribution in [0, 0.1) is 17.0 Å². The highest BCUT2D eigenvalue weighted by atomic mass is 19.4. The van der Waals surface area contributed by atoms with Crippen molar-refractivity contribution in [3.8, 4) is 11.5 Å². The Bertz CT molecular complexity index is 791. The molecule has 0 atom stereocenters. The van der Waals surface area contributed by atoms with Crippen LogP contribution in [-0.4, -0.2) is 17.4 Å². The zero-order valence-corrected chi connectivity index (χ0v) is 12.7. The van der Waals surface area contributed by atoms with Crippen LogP contribution in [0.4, 0.5) is 29.3 Å². The molecule has 0 aromatic heterocycles. The van der Waals surface area contributed by atoms with Crippen LogP contribution in [0.5, 0.6) is 11.5 Å². The van der Waals surface area contributed by atoms with Crippen LogP contribution in [0.3, 0.4) is 0 Å². The van der Waals surface area contributed by atoms with Gasteiger partial charge in [-0.05, 0) is 42.8 Å². The van der Waals surface area contributed by atoms with Crippen LogP contribution in [0.1, 0.15) is 5.56 Å². The zero-order chi connectivity index (χ0) is 18.6. The fraction of sp³-hybridized carbons (Fsp3) is 0.133. The van der Waals surface area contributed by atoms with Crippen molar-refractivity contribution < 1.29 is 32.4 Å². The second-order valence-corrected chi connectivity index (χ2v) is 4.79. The molecule has 0 fully saturated rings. The molecule has 0 heterocycles. The van der Waals surface area contributed by atoms with Crippen molar-refractivity contribution in [2.45, 2.75) is 13.3 Å². The number of carbonyl (C=O) groups is 1. The Morgan fingerprint density at radius 1 is 1.12 bits per heavy atom. The van der Waals surface area contributed by atoms with E-state index in [0.29, 0.717) is 5.56 Å². The highest BCUT2D eigenvalue weighted by Crippen LogP contribution is 2.27. The van der Waals surface area contributed by atoms with Gasteiger partial charge in [0.05, 0.1) is 4.92 Å². The molecule has 25 heavy (non-hydrogen) atoms. The molecule has 0 spiro atoms. The van der Waals surface area contributed by atoms with E-state index in [0.717, 1.165) is 24.3 Å². The van der Waals surface area contributed by atoms with Gasteiger partial charge in [-0.25, -0.2) is 4.79 Å². The molecule has 1 amide bonds. The highest BCUT2D eigenvalue weighted by molar-refractivity contribution is 5.87. The third-order valence-corrected chi connectivity index (χ3v) is 2.93. The number of amides is 1. The molecule has 0 aliphatic carbocycles. The van der Waals surface area contributed by atoms with Gasteiger partial charge in [0.15, 0.2) is 0 Å². The molecule has 0 radical (unpaired) electrons. The van der Waals surface area contributed by atoms with Crippen molar-refractivity contribution in [2.24, 2.45) is 0 Å². The quantitative estimate of drug-likeness (QED) is 0.647. The summed E-state index contributed by atoms with van der Waals surface area (Å²) in [7, 11) is 0. The van der Waals surface area contributed by atoms with E-state index in [9.17, 15) is 28.1 Å². The monoisotopic (exact) mass is 356 g/mol. The first-order valence-electron chi connectivity index (χ1n) is 6.74. The number of alkyl halides is 3. The van der Waals surface area contributed by atoms with E-state index in [1.807, 2.05) is 0 Å². The van der Waals surface area contributed by atoms with Gasteiger partial charge in [-0.15, -0.1) is 13.2 Å². The molecule has 10 heteroatoms. The van der Waals surface area contributed by atoms with Crippen LogP contribution in [0.15, 0.2) is 42.5 Å². The maximum atomic E-state index is 12.2. The molecule has 2 rings (SSSR count). The second-order valence-electron chi connectivity index (χ2n) is 4.79. The van der Waals surface area contributed by atoms with E-state index in [2.05, 4.69) is 10.1 Å². The zero-order valence-electron chi connectivity index (χ0n) is 12.7. The van der Waals surface area contributed by atoms with Gasteiger partial charge in [-0.2, -0.15) is 0 Å². The second kappa shape index (κ2) is 7.07. The number of nitrogens with zero attached hydrogens (tertiary/aromatic N) is 1. The number of hydrogen-bond acceptors (Lipinski definition) is 5. The molecule has 0 aliphatic rings. The van der Waals surface area contributed by atoms with Gasteiger partial charge in [-0.3, -0.25) is 15.4 Å². The summed E-state index contributed by atoms with van der Waals surface area (Å²) in [5.41, 5.74) is 0.382. The number of anilines is 1. The average Bonchev–Trinajstić information content (AvgIpc) is 2.49. The van der Waals surface area contributed by atoms with Crippen molar-refractivity contribution in [1.82, 2.24) is 0 Å². The van der Waals surface area contributed by atoms with Crippen LogP contribution in [-0.2, 0) is 0 Å². The molecule has 0 unspecified atom stereocenters. The number of benzene rings is 2. The first kappa shape index (κ1) is 18.0. The highest BCUT2D eigenvalue weighted by Gasteiger charge is 2.31. The van der Waals surface area contributed by atoms with Crippen molar-refractivity contribution >= 4 is 17.5 Å². The maximum Gasteiger partial charge on any atom is 0.573 e. The lowest BCUT2D eigenvalue weighted by Crippen LogP contribution is -2.18. The van der Waals surface area contributed by atoms with E-state index < -0.39 is 23.1 Å². The Hall–Kier alpha value is -3.30. The van der Waals surface area contributed by atoms with Crippen molar-refractivity contribution in [3.05, 3.63) is 58.1 Å². The third-order valence-electron chi connectivity index (χ3n) is 2.93. The summed E-state index contributed by atoms with van der Waals surface area (Å²) in [6.45, 7) is 1.48. The SMILES string of the molecule is Cc1cc(OC(F)(F)F)ccc1NC(=O)Oc1ccc([N+](=O)[O-])cc1. The Labute approximate surface area is 139 Å². The molecule has 7 nitrogen and oxygen atoms in total. The summed E-state index contributed by atoms with van der Waals surface area (Å²) < 4.78 is 45.2. The van der Waals surface area contributed by atoms with Gasteiger partial charge in [0.25, 0.3) is 5.69 Å². The number of carbonyl (C=O) groups excluding carboxylic acids is 1. The summed E-state index contributed by atoms with van der Waals surface area (Å²) >= 11 is 0. The topological polar surface area (TPSA) is 90.7 Å². The number of non-ortho nitro benzene ring substituents is 1. The molecule has 1 N–H and O–H groups in total. The van der Waals surface area contributed by atoms with Crippen LogP contribution in [0.2, 0.25) is 0 Å². The smallest absolute Gasteiger partial charge is 0.410 e. The first-order chi connectivity index (χ1) is 11.6. The van der Waals surface area contributed by atoms with Gasteiger partial charge in [-0.1, -0.05) is 0 Å². The van der Waals surface area contributed by atoms with Crippen molar-refractivity contribution in [1.29, 1.82) is 0 Å². The molecular weight excluding hydrogens is 345 g/mol. The lowest BCUT2D eigenvalue weighted by Gasteiger charge is -2.12. The average molecular weight is 356 g/mol. The molecule has 0 saturated heterocycles. The normalized spacial score (nSPS) is 10.9. The van der Waals surface area contributed by atoms with E-state index in [1.165, 1.54) is 25.1 Å². The van der Waals surface area contributed by atoms with E-state index in [1.54, 1.807) is 0 Å². The largest absolute Gasteiger partial charge is 0.573 e. The molecule has 2 aromatic rings. The van der Waals surface area contributed by atoms with E-state index >= 15 is 0 Å². The van der Waals surface area contributed by atoms with E-state index in [-0.39, 0.29) is 17.1 Å². The first-order valence-corrected chi connectivity index (χ1v) is 6.74. The predicted molar refractivity (Wildman–Crippen MR) is 80.6 cm³/mol. The Morgan fingerprint density at radius 2 is 1.72 bits per heavy atom. The Kier molecular flexibility index (Phi) is 5.11. The molecule has 132 valence electrons. The number of halogens is 3. The number of rotatable bonds is 4. The molecular formula is C15H11F3N2O5. The fourth-order valence-electron chi connectivity index (χ4n) is 1.85. The number of hydrogen-bond donors (Lipinski definition) is 1. The summed E-state index contributed by atoms with van der Waals surface area (Å²) in [4.78, 5) is 21.7. The molecule has 0 saturated carbocycles. The summed E-state index contributed by atoms with van der Waals surface area (Å²) in [6.07, 6.45) is -5.71. The minimum atomic E-state index is -4.81. The Balaban J connectivity index is 2.01.